The Bertz CT molecular complexity index is 1080. The van der Waals surface area contributed by atoms with Gasteiger partial charge in [0.2, 0.25) is 17.6 Å². The van der Waals surface area contributed by atoms with Crippen LogP contribution in [0.15, 0.2) is 47.0 Å². The maximum absolute atomic E-state index is 12.5. The number of carbonyl (C=O) groups is 1. The lowest BCUT2D eigenvalue weighted by Gasteiger charge is -2.22. The monoisotopic (exact) mass is 421 g/mol. The van der Waals surface area contributed by atoms with Crippen LogP contribution in [0, 0.1) is 6.92 Å². The molecule has 3 aromatic rings. The molecule has 1 atom stereocenters. The van der Waals surface area contributed by atoms with Gasteiger partial charge in [-0.2, -0.15) is 4.98 Å². The zero-order valence-electron chi connectivity index (χ0n) is 18.3. The molecule has 1 amide bonds. The number of carbonyl (C=O) groups excluding carboxylic acids is 1. The smallest absolute Gasteiger partial charge is 0.249 e. The van der Waals surface area contributed by atoms with Crippen molar-refractivity contribution in [2.75, 3.05) is 7.11 Å². The minimum Gasteiger partial charge on any atom is -0.493 e. The van der Waals surface area contributed by atoms with Gasteiger partial charge in [0.15, 0.2) is 11.5 Å². The number of nitrogens with zero attached hydrogens (tertiary/aromatic N) is 3. The average Bonchev–Trinajstić information content (AvgIpc) is 3.35. The van der Waals surface area contributed by atoms with Crippen molar-refractivity contribution in [3.05, 3.63) is 59.5 Å². The quantitative estimate of drug-likeness (QED) is 0.550. The van der Waals surface area contributed by atoms with Crippen molar-refractivity contribution in [1.29, 1.82) is 0 Å². The lowest BCUT2D eigenvalue weighted by Crippen LogP contribution is -2.27. The highest BCUT2D eigenvalue weighted by Gasteiger charge is 2.36. The molecular formula is C24H27N3O4. The van der Waals surface area contributed by atoms with E-state index in [1.165, 1.54) is 5.56 Å². The van der Waals surface area contributed by atoms with Crippen LogP contribution in [0.1, 0.15) is 49.7 Å². The van der Waals surface area contributed by atoms with Crippen LogP contribution < -0.4 is 9.47 Å². The van der Waals surface area contributed by atoms with E-state index in [-0.39, 0.29) is 18.1 Å². The van der Waals surface area contributed by atoms with Crippen molar-refractivity contribution in [3.63, 3.8) is 0 Å². The number of ether oxygens (including phenoxy) is 2. The van der Waals surface area contributed by atoms with Crippen molar-refractivity contribution < 1.29 is 18.8 Å². The molecular weight excluding hydrogens is 394 g/mol. The topological polar surface area (TPSA) is 77.7 Å². The number of hydrogen-bond acceptors (Lipinski definition) is 6. The molecule has 1 unspecified atom stereocenters. The first-order chi connectivity index (χ1) is 14.9. The highest BCUT2D eigenvalue weighted by molar-refractivity contribution is 5.79. The van der Waals surface area contributed by atoms with Gasteiger partial charge in [0.25, 0.3) is 0 Å². The van der Waals surface area contributed by atoms with E-state index in [1.807, 2.05) is 62.1 Å². The number of aromatic nitrogens is 2. The molecule has 1 aliphatic heterocycles. The molecule has 0 radical (unpaired) electrons. The summed E-state index contributed by atoms with van der Waals surface area (Å²) in [5, 5.41) is 4.16. The lowest BCUT2D eigenvalue weighted by atomic mass is 10.1. The summed E-state index contributed by atoms with van der Waals surface area (Å²) in [6, 6.07) is 13.5. The Balaban J connectivity index is 1.57. The fourth-order valence-electron chi connectivity index (χ4n) is 3.84. The van der Waals surface area contributed by atoms with Gasteiger partial charge in [-0.05, 0) is 51.0 Å². The standard InChI is InChI=1S/C24H27N3O4/c1-15(2)30-20-10-8-18(13-21(20)29-4)23-25-24(31-26-23)19-9-11-22(28)27(19)14-17-7-5-6-16(3)12-17/h5-8,10,12-13,15,19H,9,11,14H2,1-4H3. The molecule has 162 valence electrons. The SMILES string of the molecule is COc1cc(-c2noc(C3CCC(=O)N3Cc3cccc(C)c3)n2)ccc1OC(C)C. The van der Waals surface area contributed by atoms with Gasteiger partial charge in [0, 0.05) is 18.5 Å². The van der Waals surface area contributed by atoms with Crippen molar-refractivity contribution in [1.82, 2.24) is 15.0 Å². The molecule has 31 heavy (non-hydrogen) atoms. The molecule has 4 rings (SSSR count). The second-order valence-corrected chi connectivity index (χ2v) is 8.05. The Morgan fingerprint density at radius 1 is 1.19 bits per heavy atom. The fraction of sp³-hybridized carbons (Fsp3) is 0.375. The van der Waals surface area contributed by atoms with Crippen LogP contribution in [0.25, 0.3) is 11.4 Å². The van der Waals surface area contributed by atoms with Gasteiger partial charge >= 0.3 is 0 Å². The molecule has 0 N–H and O–H groups in total. The molecule has 2 heterocycles. The number of likely N-dealkylation sites (tertiary alicyclic amines) is 1. The van der Waals surface area contributed by atoms with Crippen LogP contribution in [0.2, 0.25) is 0 Å². The predicted octanol–water partition coefficient (Wildman–Crippen LogP) is 4.70. The third kappa shape index (κ3) is 4.55. The number of aryl methyl sites for hydroxylation is 1. The van der Waals surface area contributed by atoms with Gasteiger partial charge in [0.05, 0.1) is 13.2 Å². The number of amides is 1. The summed E-state index contributed by atoms with van der Waals surface area (Å²) in [7, 11) is 1.60. The fourth-order valence-corrected chi connectivity index (χ4v) is 3.84. The van der Waals surface area contributed by atoms with Crippen molar-refractivity contribution in [2.45, 2.75) is 52.3 Å². The summed E-state index contributed by atoms with van der Waals surface area (Å²) in [6.45, 7) is 6.50. The highest BCUT2D eigenvalue weighted by Crippen LogP contribution is 2.36. The molecule has 0 aliphatic carbocycles. The summed E-state index contributed by atoms with van der Waals surface area (Å²) in [6.07, 6.45) is 1.18. The summed E-state index contributed by atoms with van der Waals surface area (Å²) in [4.78, 5) is 19.0. The van der Waals surface area contributed by atoms with Crippen molar-refractivity contribution in [3.8, 4) is 22.9 Å². The zero-order valence-corrected chi connectivity index (χ0v) is 18.3. The van der Waals surface area contributed by atoms with Gasteiger partial charge in [-0.1, -0.05) is 35.0 Å². The van der Waals surface area contributed by atoms with E-state index >= 15 is 0 Å². The van der Waals surface area contributed by atoms with Crippen LogP contribution >= 0.6 is 0 Å². The van der Waals surface area contributed by atoms with Crippen LogP contribution in [-0.2, 0) is 11.3 Å². The van der Waals surface area contributed by atoms with E-state index in [4.69, 9.17) is 14.0 Å². The molecule has 0 spiro atoms. The van der Waals surface area contributed by atoms with E-state index in [2.05, 4.69) is 16.2 Å². The third-order valence-corrected chi connectivity index (χ3v) is 5.27. The summed E-state index contributed by atoms with van der Waals surface area (Å²) < 4.78 is 16.8. The first-order valence-corrected chi connectivity index (χ1v) is 10.5. The van der Waals surface area contributed by atoms with Crippen LogP contribution in [0.5, 0.6) is 11.5 Å². The van der Waals surface area contributed by atoms with Crippen LogP contribution in [0.3, 0.4) is 0 Å². The minimum absolute atomic E-state index is 0.0378. The molecule has 0 saturated carbocycles. The third-order valence-electron chi connectivity index (χ3n) is 5.27. The molecule has 1 aromatic heterocycles. The first-order valence-electron chi connectivity index (χ1n) is 10.5. The van der Waals surface area contributed by atoms with E-state index < -0.39 is 0 Å². The summed E-state index contributed by atoms with van der Waals surface area (Å²) in [5.41, 5.74) is 3.02. The van der Waals surface area contributed by atoms with E-state index in [9.17, 15) is 4.79 Å². The summed E-state index contributed by atoms with van der Waals surface area (Å²) >= 11 is 0. The number of methoxy groups -OCH3 is 1. The Morgan fingerprint density at radius 2 is 2.03 bits per heavy atom. The molecule has 2 aromatic carbocycles. The van der Waals surface area contributed by atoms with Crippen LogP contribution in [0.4, 0.5) is 0 Å². The van der Waals surface area contributed by atoms with Gasteiger partial charge < -0.3 is 18.9 Å². The summed E-state index contributed by atoms with van der Waals surface area (Å²) in [5.74, 6) is 2.28. The Kier molecular flexibility index (Phi) is 5.93. The normalized spacial score (nSPS) is 16.2. The molecule has 7 heteroatoms. The Morgan fingerprint density at radius 3 is 2.77 bits per heavy atom. The molecule has 0 bridgehead atoms. The maximum Gasteiger partial charge on any atom is 0.249 e. The lowest BCUT2D eigenvalue weighted by molar-refractivity contribution is -0.130. The number of rotatable bonds is 7. The number of hydrogen-bond donors (Lipinski definition) is 0. The highest BCUT2D eigenvalue weighted by atomic mass is 16.5. The Labute approximate surface area is 182 Å². The first kappa shape index (κ1) is 20.9. The van der Waals surface area contributed by atoms with Crippen molar-refractivity contribution >= 4 is 5.91 Å². The molecule has 1 aliphatic rings. The van der Waals surface area contributed by atoms with E-state index in [1.54, 1.807) is 7.11 Å². The average molecular weight is 421 g/mol. The minimum atomic E-state index is -0.222. The second-order valence-electron chi connectivity index (χ2n) is 8.05. The predicted molar refractivity (Wildman–Crippen MR) is 116 cm³/mol. The Hall–Kier alpha value is -3.35. The molecule has 1 fully saturated rings. The maximum atomic E-state index is 12.5. The van der Waals surface area contributed by atoms with E-state index in [0.29, 0.717) is 42.6 Å². The van der Waals surface area contributed by atoms with Gasteiger partial charge in [0.1, 0.15) is 6.04 Å². The second kappa shape index (κ2) is 8.79. The molecule has 7 nitrogen and oxygen atoms in total. The van der Waals surface area contributed by atoms with Gasteiger partial charge in [-0.25, -0.2) is 0 Å². The zero-order chi connectivity index (χ0) is 22.0. The van der Waals surface area contributed by atoms with Gasteiger partial charge in [-0.15, -0.1) is 0 Å². The number of benzene rings is 2. The largest absolute Gasteiger partial charge is 0.493 e. The van der Waals surface area contributed by atoms with Gasteiger partial charge in [-0.3, -0.25) is 4.79 Å². The van der Waals surface area contributed by atoms with Crippen LogP contribution in [-0.4, -0.2) is 34.2 Å². The van der Waals surface area contributed by atoms with E-state index in [0.717, 1.165) is 11.1 Å². The molecule has 1 saturated heterocycles. The van der Waals surface area contributed by atoms with Crippen molar-refractivity contribution in [2.24, 2.45) is 0 Å².